The normalized spacial score (nSPS) is 45.7. The first-order valence-electron chi connectivity index (χ1n) is 10.5. The van der Waals surface area contributed by atoms with Crippen molar-refractivity contribution in [1.82, 2.24) is 0 Å². The predicted molar refractivity (Wildman–Crippen MR) is 105 cm³/mol. The van der Waals surface area contributed by atoms with Crippen LogP contribution in [0, 0.1) is 28.6 Å². The first kappa shape index (κ1) is 20.5. The average Bonchev–Trinajstić information content (AvgIpc) is 2.93. The van der Waals surface area contributed by atoms with Crippen LogP contribution in [-0.4, -0.2) is 46.1 Å². The van der Waals surface area contributed by atoms with E-state index in [0.29, 0.717) is 19.3 Å². The fraction of sp³-hybridized carbons (Fsp3) is 0.696. The number of ketones is 2. The molecule has 4 rings (SSSR count). The van der Waals surface area contributed by atoms with Gasteiger partial charge in [0.2, 0.25) is 5.78 Å². The fourth-order valence-corrected chi connectivity index (χ4v) is 7.37. The van der Waals surface area contributed by atoms with Gasteiger partial charge in [-0.15, -0.1) is 0 Å². The van der Waals surface area contributed by atoms with Crippen LogP contribution in [0.3, 0.4) is 0 Å². The van der Waals surface area contributed by atoms with E-state index in [4.69, 9.17) is 4.74 Å². The van der Waals surface area contributed by atoms with Crippen molar-refractivity contribution in [3.05, 3.63) is 23.8 Å². The molecule has 0 aromatic heterocycles. The number of rotatable bonds is 3. The first-order valence-corrected chi connectivity index (χ1v) is 10.5. The van der Waals surface area contributed by atoms with Crippen LogP contribution in [0.2, 0.25) is 0 Å². The Hall–Kier alpha value is -1.79. The molecule has 0 aromatic rings. The molecule has 3 fully saturated rings. The predicted octanol–water partition coefficient (Wildman–Crippen LogP) is 2.13. The highest BCUT2D eigenvalue weighted by Crippen LogP contribution is 2.67. The molecule has 6 heteroatoms. The smallest absolute Gasteiger partial charge is 0.303 e. The van der Waals surface area contributed by atoms with Gasteiger partial charge in [0, 0.05) is 23.7 Å². The van der Waals surface area contributed by atoms with Crippen molar-refractivity contribution in [2.75, 3.05) is 6.61 Å². The lowest BCUT2D eigenvalue weighted by molar-refractivity contribution is -0.198. The molecule has 29 heavy (non-hydrogen) atoms. The highest BCUT2D eigenvalue weighted by atomic mass is 16.6. The Kier molecular flexibility index (Phi) is 4.67. The molecule has 0 bridgehead atoms. The molecule has 7 unspecified atom stereocenters. The van der Waals surface area contributed by atoms with Crippen LogP contribution in [0.4, 0.5) is 0 Å². The lowest BCUT2D eigenvalue weighted by Crippen LogP contribution is -2.62. The van der Waals surface area contributed by atoms with E-state index in [2.05, 4.69) is 6.92 Å². The number of carbonyl (C=O) groups is 3. The number of aliphatic hydroxyl groups is 2. The number of esters is 1. The minimum absolute atomic E-state index is 0.00523. The van der Waals surface area contributed by atoms with Crippen LogP contribution in [-0.2, 0) is 19.1 Å². The van der Waals surface area contributed by atoms with Gasteiger partial charge in [-0.3, -0.25) is 14.4 Å². The average molecular weight is 402 g/mol. The van der Waals surface area contributed by atoms with Gasteiger partial charge >= 0.3 is 5.97 Å². The minimum atomic E-state index is -1.39. The van der Waals surface area contributed by atoms with E-state index < -0.39 is 35.5 Å². The number of Topliss-reactive ketones (excluding diaryl/α,β-unsaturated/α-hetero) is 1. The molecule has 158 valence electrons. The summed E-state index contributed by atoms with van der Waals surface area (Å²) in [5.74, 6) is -0.839. The Labute approximate surface area is 171 Å². The minimum Gasteiger partial charge on any atom is -0.451 e. The molecule has 0 saturated heterocycles. The van der Waals surface area contributed by atoms with Crippen molar-refractivity contribution in [3.8, 4) is 0 Å². The molecule has 0 aliphatic heterocycles. The van der Waals surface area contributed by atoms with Crippen molar-refractivity contribution >= 4 is 17.5 Å². The molecule has 6 nitrogen and oxygen atoms in total. The second kappa shape index (κ2) is 6.61. The van der Waals surface area contributed by atoms with E-state index in [1.807, 2.05) is 13.0 Å². The van der Waals surface area contributed by atoms with E-state index >= 15 is 0 Å². The van der Waals surface area contributed by atoms with Crippen molar-refractivity contribution in [3.63, 3.8) is 0 Å². The standard InChI is InChI=1S/C23H30O6/c1-13(25)29-23(19(28)12-24)9-7-17-16-5-4-14-10-15(26)6-8-21(14,2)20(16)18(27)11-22(17,23)3/h6,8,10,16-18,20,24,27H,4-5,7,9,11-12H2,1-3H3. The number of hydrogen-bond acceptors (Lipinski definition) is 6. The van der Waals surface area contributed by atoms with Gasteiger partial charge in [-0.2, -0.15) is 0 Å². The summed E-state index contributed by atoms with van der Waals surface area (Å²) in [5, 5.41) is 21.0. The van der Waals surface area contributed by atoms with Crippen molar-refractivity contribution in [2.24, 2.45) is 28.6 Å². The maximum Gasteiger partial charge on any atom is 0.303 e. The monoisotopic (exact) mass is 402 g/mol. The van der Waals surface area contributed by atoms with Crippen LogP contribution in [0.5, 0.6) is 0 Å². The summed E-state index contributed by atoms with van der Waals surface area (Å²) in [6.45, 7) is 4.63. The molecule has 4 aliphatic carbocycles. The highest BCUT2D eigenvalue weighted by molar-refractivity contribution is 6.01. The van der Waals surface area contributed by atoms with Crippen molar-refractivity contribution in [1.29, 1.82) is 0 Å². The Bertz CT molecular complexity index is 827. The SMILES string of the molecule is CC(=O)OC1(C(=O)CO)CCC2C3CCC4=CC(=O)C=CC4(C)C3C(O)CC21C. The van der Waals surface area contributed by atoms with Gasteiger partial charge in [0.15, 0.2) is 11.4 Å². The van der Waals surface area contributed by atoms with Crippen LogP contribution < -0.4 is 0 Å². The Balaban J connectivity index is 1.77. The summed E-state index contributed by atoms with van der Waals surface area (Å²) >= 11 is 0. The summed E-state index contributed by atoms with van der Waals surface area (Å²) in [6.07, 6.45) is 7.56. The zero-order valence-corrected chi connectivity index (χ0v) is 17.3. The highest BCUT2D eigenvalue weighted by Gasteiger charge is 2.70. The molecule has 0 aromatic carbocycles. The van der Waals surface area contributed by atoms with E-state index in [9.17, 15) is 24.6 Å². The Morgan fingerprint density at radius 3 is 2.66 bits per heavy atom. The molecule has 0 spiro atoms. The molecule has 4 aliphatic rings. The zero-order chi connectivity index (χ0) is 21.2. The number of fused-ring (bicyclic) bond motifs is 5. The zero-order valence-electron chi connectivity index (χ0n) is 17.3. The second-order valence-corrected chi connectivity index (χ2v) is 9.75. The number of ether oxygens (including phenoxy) is 1. The Morgan fingerprint density at radius 2 is 2.00 bits per heavy atom. The van der Waals surface area contributed by atoms with Gasteiger partial charge in [0.1, 0.15) is 6.61 Å². The third kappa shape index (κ3) is 2.65. The lowest BCUT2D eigenvalue weighted by atomic mass is 9.46. The fourth-order valence-electron chi connectivity index (χ4n) is 7.37. The first-order chi connectivity index (χ1) is 13.6. The lowest BCUT2D eigenvalue weighted by Gasteiger charge is -2.59. The quantitative estimate of drug-likeness (QED) is 0.702. The van der Waals surface area contributed by atoms with Gasteiger partial charge < -0.3 is 14.9 Å². The molecule has 0 amide bonds. The Morgan fingerprint density at radius 1 is 1.28 bits per heavy atom. The van der Waals surface area contributed by atoms with Gasteiger partial charge in [-0.05, 0) is 56.1 Å². The summed E-state index contributed by atoms with van der Waals surface area (Å²) in [6, 6.07) is 0. The number of allylic oxidation sites excluding steroid dienone is 4. The molecule has 2 N–H and O–H groups in total. The summed E-state index contributed by atoms with van der Waals surface area (Å²) < 4.78 is 5.67. The topological polar surface area (TPSA) is 101 Å². The number of aliphatic hydroxyl groups excluding tert-OH is 2. The van der Waals surface area contributed by atoms with Crippen LogP contribution >= 0.6 is 0 Å². The molecule has 7 atom stereocenters. The molecule has 3 saturated carbocycles. The van der Waals surface area contributed by atoms with Crippen LogP contribution in [0.25, 0.3) is 0 Å². The molecule has 0 heterocycles. The van der Waals surface area contributed by atoms with Crippen molar-refractivity contribution in [2.45, 2.75) is 64.6 Å². The van der Waals surface area contributed by atoms with Crippen molar-refractivity contribution < 1.29 is 29.3 Å². The third-order valence-electron chi connectivity index (χ3n) is 8.53. The second-order valence-electron chi connectivity index (χ2n) is 9.75. The van der Waals surface area contributed by atoms with Gasteiger partial charge in [0.05, 0.1) is 6.10 Å². The maximum atomic E-state index is 12.9. The molecular formula is C23H30O6. The summed E-state index contributed by atoms with van der Waals surface area (Å²) in [5.41, 5.74) is -1.43. The number of hydrogen-bond donors (Lipinski definition) is 2. The summed E-state index contributed by atoms with van der Waals surface area (Å²) in [7, 11) is 0. The van der Waals surface area contributed by atoms with E-state index in [1.165, 1.54) is 6.92 Å². The molecular weight excluding hydrogens is 372 g/mol. The number of carbonyl (C=O) groups excluding carboxylic acids is 3. The van der Waals surface area contributed by atoms with Crippen LogP contribution in [0.1, 0.15) is 52.9 Å². The van der Waals surface area contributed by atoms with E-state index in [-0.39, 0.29) is 29.0 Å². The van der Waals surface area contributed by atoms with Gasteiger partial charge in [-0.1, -0.05) is 25.5 Å². The van der Waals surface area contributed by atoms with E-state index in [1.54, 1.807) is 12.2 Å². The third-order valence-corrected chi connectivity index (χ3v) is 8.53. The largest absolute Gasteiger partial charge is 0.451 e. The van der Waals surface area contributed by atoms with Gasteiger partial charge in [-0.25, -0.2) is 0 Å². The van der Waals surface area contributed by atoms with Crippen LogP contribution in [0.15, 0.2) is 23.8 Å². The maximum absolute atomic E-state index is 12.9. The summed E-state index contributed by atoms with van der Waals surface area (Å²) in [4.78, 5) is 36.7. The molecule has 0 radical (unpaired) electrons. The van der Waals surface area contributed by atoms with E-state index in [0.717, 1.165) is 18.4 Å². The van der Waals surface area contributed by atoms with Gasteiger partial charge in [0.25, 0.3) is 0 Å².